The number of carbonyl (C=O) groups is 1. The number of nitrogens with zero attached hydrogens (tertiary/aromatic N) is 2. The highest BCUT2D eigenvalue weighted by Gasteiger charge is 2.06. The molecule has 0 atom stereocenters. The van der Waals surface area contributed by atoms with Crippen molar-refractivity contribution in [3.05, 3.63) is 70.3 Å². The van der Waals surface area contributed by atoms with Gasteiger partial charge in [0.15, 0.2) is 0 Å². The fraction of sp³-hybridized carbons (Fsp3) is 0.125. The maximum atomic E-state index is 13.1. The fourth-order valence-electron chi connectivity index (χ4n) is 2.14. The standard InChI is InChI=1S/C16H13BrFN3O/c17-12-3-1-11(2-4-12)7-16(22)19-8-14-10-21-9-13(18)5-6-15(21)20-14/h1-6,9-10H,7-8H2,(H,19,22). The van der Waals surface area contributed by atoms with Gasteiger partial charge in [0.2, 0.25) is 5.91 Å². The predicted molar refractivity (Wildman–Crippen MR) is 84.8 cm³/mol. The van der Waals surface area contributed by atoms with Gasteiger partial charge in [-0.3, -0.25) is 4.79 Å². The molecule has 2 heterocycles. The van der Waals surface area contributed by atoms with E-state index in [1.807, 2.05) is 24.3 Å². The van der Waals surface area contributed by atoms with Crippen molar-refractivity contribution in [3.63, 3.8) is 0 Å². The van der Waals surface area contributed by atoms with Crippen LogP contribution in [0.5, 0.6) is 0 Å². The molecule has 0 radical (unpaired) electrons. The van der Waals surface area contributed by atoms with Gasteiger partial charge in [-0.1, -0.05) is 28.1 Å². The van der Waals surface area contributed by atoms with Gasteiger partial charge < -0.3 is 9.72 Å². The molecule has 0 saturated carbocycles. The molecule has 0 aliphatic heterocycles. The van der Waals surface area contributed by atoms with E-state index in [0.717, 1.165) is 10.0 Å². The van der Waals surface area contributed by atoms with E-state index < -0.39 is 0 Å². The van der Waals surface area contributed by atoms with Crippen LogP contribution in [0.3, 0.4) is 0 Å². The van der Waals surface area contributed by atoms with Gasteiger partial charge in [-0.2, -0.15) is 0 Å². The highest BCUT2D eigenvalue weighted by molar-refractivity contribution is 9.10. The van der Waals surface area contributed by atoms with Crippen LogP contribution in [0.2, 0.25) is 0 Å². The SMILES string of the molecule is O=C(Cc1ccc(Br)cc1)NCc1cn2cc(F)ccc2n1. The van der Waals surface area contributed by atoms with Crippen LogP contribution in [0.1, 0.15) is 11.3 Å². The zero-order chi connectivity index (χ0) is 15.5. The molecule has 112 valence electrons. The Hall–Kier alpha value is -2.21. The first-order valence-corrected chi connectivity index (χ1v) is 7.54. The van der Waals surface area contributed by atoms with E-state index in [4.69, 9.17) is 0 Å². The van der Waals surface area contributed by atoms with Crippen LogP contribution in [0.15, 0.2) is 53.3 Å². The number of benzene rings is 1. The Labute approximate surface area is 135 Å². The van der Waals surface area contributed by atoms with Crippen molar-refractivity contribution < 1.29 is 9.18 Å². The third-order valence-corrected chi connectivity index (χ3v) is 3.74. The first-order valence-electron chi connectivity index (χ1n) is 6.74. The van der Waals surface area contributed by atoms with E-state index in [1.165, 1.54) is 12.3 Å². The van der Waals surface area contributed by atoms with Gasteiger partial charge in [-0.05, 0) is 29.8 Å². The van der Waals surface area contributed by atoms with Gasteiger partial charge in [0.1, 0.15) is 11.5 Å². The van der Waals surface area contributed by atoms with Gasteiger partial charge >= 0.3 is 0 Å². The van der Waals surface area contributed by atoms with Gasteiger partial charge in [0.25, 0.3) is 0 Å². The van der Waals surface area contributed by atoms with Crippen LogP contribution in [0.4, 0.5) is 4.39 Å². The monoisotopic (exact) mass is 361 g/mol. The van der Waals surface area contributed by atoms with Gasteiger partial charge in [0.05, 0.1) is 18.7 Å². The van der Waals surface area contributed by atoms with Crippen LogP contribution in [-0.2, 0) is 17.8 Å². The van der Waals surface area contributed by atoms with Crippen LogP contribution >= 0.6 is 15.9 Å². The normalized spacial score (nSPS) is 10.8. The number of halogens is 2. The lowest BCUT2D eigenvalue weighted by atomic mass is 10.1. The number of amides is 1. The average molecular weight is 362 g/mol. The molecular formula is C16H13BrFN3O. The number of imidazole rings is 1. The molecule has 1 amide bonds. The lowest BCUT2D eigenvalue weighted by Gasteiger charge is -2.03. The van der Waals surface area contributed by atoms with E-state index in [2.05, 4.69) is 26.2 Å². The molecule has 22 heavy (non-hydrogen) atoms. The Bertz CT molecular complexity index is 814. The molecule has 0 fully saturated rings. The molecule has 3 rings (SSSR count). The molecule has 0 aliphatic rings. The molecule has 0 aliphatic carbocycles. The number of hydrogen-bond acceptors (Lipinski definition) is 2. The zero-order valence-electron chi connectivity index (χ0n) is 11.6. The highest BCUT2D eigenvalue weighted by atomic mass is 79.9. The molecule has 3 aromatic rings. The van der Waals surface area contributed by atoms with E-state index >= 15 is 0 Å². The first-order chi connectivity index (χ1) is 10.6. The smallest absolute Gasteiger partial charge is 0.224 e. The molecular weight excluding hydrogens is 349 g/mol. The summed E-state index contributed by atoms with van der Waals surface area (Å²) in [6.07, 6.45) is 3.38. The van der Waals surface area contributed by atoms with Crippen molar-refractivity contribution in [2.75, 3.05) is 0 Å². The second kappa shape index (κ2) is 6.27. The van der Waals surface area contributed by atoms with Gasteiger partial charge in [0, 0.05) is 16.9 Å². The van der Waals surface area contributed by atoms with E-state index in [1.54, 1.807) is 16.7 Å². The lowest BCUT2D eigenvalue weighted by molar-refractivity contribution is -0.120. The molecule has 1 aromatic carbocycles. The number of nitrogens with one attached hydrogen (secondary N) is 1. The highest BCUT2D eigenvalue weighted by Crippen LogP contribution is 2.11. The van der Waals surface area contributed by atoms with Crippen LogP contribution < -0.4 is 5.32 Å². The van der Waals surface area contributed by atoms with Gasteiger partial charge in [-0.15, -0.1) is 0 Å². The topological polar surface area (TPSA) is 46.4 Å². The van der Waals surface area contributed by atoms with Crippen molar-refractivity contribution in [3.8, 4) is 0 Å². The van der Waals surface area contributed by atoms with Crippen LogP contribution in [0.25, 0.3) is 5.65 Å². The zero-order valence-corrected chi connectivity index (χ0v) is 13.2. The van der Waals surface area contributed by atoms with Crippen molar-refractivity contribution in [2.24, 2.45) is 0 Å². The number of fused-ring (bicyclic) bond motifs is 1. The molecule has 0 saturated heterocycles. The minimum Gasteiger partial charge on any atom is -0.350 e. The molecule has 4 nitrogen and oxygen atoms in total. The van der Waals surface area contributed by atoms with Crippen molar-refractivity contribution >= 4 is 27.5 Å². The summed E-state index contributed by atoms with van der Waals surface area (Å²) in [7, 11) is 0. The largest absolute Gasteiger partial charge is 0.350 e. The van der Waals surface area contributed by atoms with Crippen LogP contribution in [-0.4, -0.2) is 15.3 Å². The average Bonchev–Trinajstić information content (AvgIpc) is 2.89. The Kier molecular flexibility index (Phi) is 4.20. The molecule has 0 spiro atoms. The summed E-state index contributed by atoms with van der Waals surface area (Å²) < 4.78 is 15.7. The molecule has 0 bridgehead atoms. The van der Waals surface area contributed by atoms with Gasteiger partial charge in [-0.25, -0.2) is 9.37 Å². The van der Waals surface area contributed by atoms with Crippen LogP contribution in [0, 0.1) is 5.82 Å². The quantitative estimate of drug-likeness (QED) is 0.775. The van der Waals surface area contributed by atoms with Crippen molar-refractivity contribution in [1.29, 1.82) is 0 Å². The summed E-state index contributed by atoms with van der Waals surface area (Å²) in [6, 6.07) is 10.6. The summed E-state index contributed by atoms with van der Waals surface area (Å²) in [5, 5.41) is 2.82. The summed E-state index contributed by atoms with van der Waals surface area (Å²) in [5.74, 6) is -0.402. The minimum atomic E-state index is -0.323. The third-order valence-electron chi connectivity index (χ3n) is 3.21. The summed E-state index contributed by atoms with van der Waals surface area (Å²) in [4.78, 5) is 16.2. The van der Waals surface area contributed by atoms with E-state index in [-0.39, 0.29) is 11.7 Å². The lowest BCUT2D eigenvalue weighted by Crippen LogP contribution is -2.24. The Morgan fingerprint density at radius 3 is 2.73 bits per heavy atom. The number of hydrogen-bond donors (Lipinski definition) is 1. The number of pyridine rings is 1. The maximum Gasteiger partial charge on any atom is 0.224 e. The minimum absolute atomic E-state index is 0.0782. The number of carbonyl (C=O) groups excluding carboxylic acids is 1. The molecule has 1 N–H and O–H groups in total. The van der Waals surface area contributed by atoms with E-state index in [9.17, 15) is 9.18 Å². The summed E-state index contributed by atoms with van der Waals surface area (Å²) in [6.45, 7) is 0.318. The Balaban J connectivity index is 1.61. The third kappa shape index (κ3) is 3.51. The molecule has 0 unspecified atom stereocenters. The number of rotatable bonds is 4. The Morgan fingerprint density at radius 2 is 1.95 bits per heavy atom. The molecule has 6 heteroatoms. The van der Waals surface area contributed by atoms with Crippen molar-refractivity contribution in [2.45, 2.75) is 13.0 Å². The first kappa shape index (κ1) is 14.7. The molecule has 2 aromatic heterocycles. The maximum absolute atomic E-state index is 13.1. The van der Waals surface area contributed by atoms with Crippen molar-refractivity contribution in [1.82, 2.24) is 14.7 Å². The Morgan fingerprint density at radius 1 is 1.18 bits per heavy atom. The second-order valence-electron chi connectivity index (χ2n) is 4.92. The predicted octanol–water partition coefficient (Wildman–Crippen LogP) is 3.09. The fourth-order valence-corrected chi connectivity index (χ4v) is 2.41. The summed E-state index contributed by atoms with van der Waals surface area (Å²) in [5.41, 5.74) is 2.28. The number of aromatic nitrogens is 2. The summed E-state index contributed by atoms with van der Waals surface area (Å²) >= 11 is 3.36. The second-order valence-corrected chi connectivity index (χ2v) is 5.84. The van der Waals surface area contributed by atoms with E-state index in [0.29, 0.717) is 24.3 Å².